The van der Waals surface area contributed by atoms with E-state index in [4.69, 9.17) is 9.84 Å². The van der Waals surface area contributed by atoms with Gasteiger partial charge in [-0.2, -0.15) is 0 Å². The van der Waals surface area contributed by atoms with Crippen LogP contribution in [-0.2, 0) is 4.79 Å². The fourth-order valence-electron chi connectivity index (χ4n) is 4.11. The molecule has 0 aromatic heterocycles. The van der Waals surface area contributed by atoms with Crippen molar-refractivity contribution in [1.82, 2.24) is 10.2 Å². The van der Waals surface area contributed by atoms with Gasteiger partial charge in [-0.3, -0.25) is 9.69 Å². The third-order valence-corrected chi connectivity index (χ3v) is 5.78. The normalized spacial score (nSPS) is 17.4. The minimum absolute atomic E-state index is 0.000413. The highest BCUT2D eigenvalue weighted by atomic mass is 19.1. The van der Waals surface area contributed by atoms with E-state index in [1.165, 1.54) is 6.07 Å². The molecule has 2 atom stereocenters. The Morgan fingerprint density at radius 3 is 2.64 bits per heavy atom. The van der Waals surface area contributed by atoms with Gasteiger partial charge in [0.05, 0.1) is 25.7 Å². The minimum atomic E-state index is -1.26. The van der Waals surface area contributed by atoms with Gasteiger partial charge in [0.2, 0.25) is 0 Å². The quantitative estimate of drug-likeness (QED) is 0.601. The number of ether oxygens (including phenoxy) is 1. The maximum Gasteiger partial charge on any atom is 0.405 e. The zero-order valence-electron chi connectivity index (χ0n) is 18.8. The molecule has 2 N–H and O–H groups in total. The molecular formula is C25H28F2N2O4. The first-order chi connectivity index (χ1) is 15.7. The van der Waals surface area contributed by atoms with E-state index in [0.29, 0.717) is 24.3 Å². The highest BCUT2D eigenvalue weighted by Crippen LogP contribution is 2.35. The summed E-state index contributed by atoms with van der Waals surface area (Å²) in [5.41, 5.74) is 1.66. The van der Waals surface area contributed by atoms with E-state index in [1.54, 1.807) is 27.0 Å². The number of halogens is 2. The number of carbonyl (C=O) groups excluding carboxylic acids is 1. The van der Waals surface area contributed by atoms with Crippen molar-refractivity contribution in [2.45, 2.75) is 32.4 Å². The summed E-state index contributed by atoms with van der Waals surface area (Å²) < 4.78 is 33.6. The molecule has 33 heavy (non-hydrogen) atoms. The van der Waals surface area contributed by atoms with Crippen molar-refractivity contribution in [2.75, 3.05) is 20.2 Å². The number of carboxylic acid groups (broad SMARTS) is 1. The number of benzene rings is 2. The highest BCUT2D eigenvalue weighted by Gasteiger charge is 2.31. The first kappa shape index (κ1) is 24.4. The number of Topliss-reactive ketones (excluding diaryl/α,β-unsaturated/α-hetero) is 1. The Bertz CT molecular complexity index is 1050. The van der Waals surface area contributed by atoms with E-state index in [9.17, 15) is 18.4 Å². The average Bonchev–Trinajstić information content (AvgIpc) is 2.79. The molecule has 1 amide bonds. The van der Waals surface area contributed by atoms with Gasteiger partial charge in [-0.15, -0.1) is 0 Å². The molecule has 1 aliphatic heterocycles. The number of carbonyl (C=O) groups is 2. The van der Waals surface area contributed by atoms with Crippen molar-refractivity contribution >= 4 is 17.4 Å². The number of nitrogens with zero attached hydrogens (tertiary/aromatic N) is 1. The molecular weight excluding hydrogens is 430 g/mol. The number of hydrogen-bond donors (Lipinski definition) is 2. The lowest BCUT2D eigenvalue weighted by molar-refractivity contribution is -0.123. The first-order valence-corrected chi connectivity index (χ1v) is 10.8. The van der Waals surface area contributed by atoms with E-state index >= 15 is 0 Å². The summed E-state index contributed by atoms with van der Waals surface area (Å²) in [6, 6.07) is 9.43. The van der Waals surface area contributed by atoms with Crippen LogP contribution in [0.4, 0.5) is 13.6 Å². The summed E-state index contributed by atoms with van der Waals surface area (Å²) in [6.45, 7) is 3.96. The van der Waals surface area contributed by atoms with Crippen molar-refractivity contribution in [3.63, 3.8) is 0 Å². The van der Waals surface area contributed by atoms with Gasteiger partial charge in [0.25, 0.3) is 0 Å². The zero-order chi connectivity index (χ0) is 24.1. The van der Waals surface area contributed by atoms with Crippen LogP contribution in [0, 0.1) is 17.6 Å². The van der Waals surface area contributed by atoms with Gasteiger partial charge in [-0.1, -0.05) is 32.1 Å². The van der Waals surface area contributed by atoms with E-state index in [-0.39, 0.29) is 23.8 Å². The minimum Gasteiger partial charge on any atom is -0.497 e. The molecule has 2 aromatic carbocycles. The first-order valence-electron chi connectivity index (χ1n) is 10.8. The summed E-state index contributed by atoms with van der Waals surface area (Å²) in [5, 5.41) is 11.4. The summed E-state index contributed by atoms with van der Waals surface area (Å²) >= 11 is 0. The number of methoxy groups -OCH3 is 1. The molecule has 1 unspecified atom stereocenters. The summed E-state index contributed by atoms with van der Waals surface area (Å²) in [6.07, 6.45) is 0.986. The molecule has 1 heterocycles. The number of amides is 1. The zero-order valence-corrected chi connectivity index (χ0v) is 18.8. The van der Waals surface area contributed by atoms with Crippen LogP contribution in [0.15, 0.2) is 48.5 Å². The largest absolute Gasteiger partial charge is 0.497 e. The van der Waals surface area contributed by atoms with Crippen molar-refractivity contribution in [3.05, 3.63) is 71.3 Å². The van der Waals surface area contributed by atoms with Crippen LogP contribution < -0.4 is 10.1 Å². The number of hydrogen-bond acceptors (Lipinski definition) is 4. The predicted octanol–water partition coefficient (Wildman–Crippen LogP) is 4.67. The summed E-state index contributed by atoms with van der Waals surface area (Å²) in [7, 11) is 1.55. The molecule has 0 fully saturated rings. The van der Waals surface area contributed by atoms with E-state index in [2.05, 4.69) is 5.32 Å². The van der Waals surface area contributed by atoms with Gasteiger partial charge in [-0.25, -0.2) is 13.6 Å². The second kappa shape index (κ2) is 10.6. The molecule has 0 bridgehead atoms. The lowest BCUT2D eigenvalue weighted by atomic mass is 9.91. The van der Waals surface area contributed by atoms with Gasteiger partial charge in [0, 0.05) is 12.1 Å². The average molecular weight is 459 g/mol. The fraction of sp³-hybridized carbons (Fsp3) is 0.360. The summed E-state index contributed by atoms with van der Waals surface area (Å²) in [4.78, 5) is 26.1. The van der Waals surface area contributed by atoms with Crippen LogP contribution in [0.3, 0.4) is 0 Å². The van der Waals surface area contributed by atoms with Crippen LogP contribution >= 0.6 is 0 Å². The Hall–Kier alpha value is -3.26. The standard InChI is InChI=1S/C25H28F2N2O4/c1-15(2)24(28-25(31)32)23(30)14-29-10-9-16(20-13-18(26)7-8-21(20)27)12-22(29)17-5-4-6-19(11-17)33-3/h4-8,11-13,15,22,24,28H,9-10,14H2,1-3H3,(H,31,32)/t22?,24-/m0/s1. The molecule has 3 rings (SSSR count). The van der Waals surface area contributed by atoms with E-state index in [0.717, 1.165) is 17.7 Å². The monoisotopic (exact) mass is 458 g/mol. The van der Waals surface area contributed by atoms with Gasteiger partial charge in [0.1, 0.15) is 17.4 Å². The number of ketones is 1. The third kappa shape index (κ3) is 5.96. The van der Waals surface area contributed by atoms with Gasteiger partial charge in [-0.05, 0) is 53.8 Å². The maximum atomic E-state index is 14.5. The van der Waals surface area contributed by atoms with Gasteiger partial charge >= 0.3 is 6.09 Å². The molecule has 1 aliphatic rings. The van der Waals surface area contributed by atoms with Crippen molar-refractivity contribution < 1.29 is 28.2 Å². The predicted molar refractivity (Wildman–Crippen MR) is 121 cm³/mol. The van der Waals surface area contributed by atoms with Crippen LogP contribution in [0.5, 0.6) is 5.75 Å². The Kier molecular flexibility index (Phi) is 7.81. The van der Waals surface area contributed by atoms with Crippen molar-refractivity contribution in [3.8, 4) is 5.75 Å². The van der Waals surface area contributed by atoms with Crippen LogP contribution in [-0.4, -0.2) is 48.1 Å². The highest BCUT2D eigenvalue weighted by molar-refractivity contribution is 5.89. The molecule has 0 saturated carbocycles. The molecule has 0 aliphatic carbocycles. The Labute approximate surface area is 191 Å². The Balaban J connectivity index is 1.97. The molecule has 0 spiro atoms. The van der Waals surface area contributed by atoms with Crippen molar-refractivity contribution in [1.29, 1.82) is 0 Å². The second-order valence-electron chi connectivity index (χ2n) is 8.40. The Morgan fingerprint density at radius 1 is 1.21 bits per heavy atom. The van der Waals surface area contributed by atoms with Crippen molar-refractivity contribution in [2.24, 2.45) is 5.92 Å². The van der Waals surface area contributed by atoms with E-state index < -0.39 is 29.8 Å². The summed E-state index contributed by atoms with van der Waals surface area (Å²) in [5.74, 6) is -0.886. The van der Waals surface area contributed by atoms with Crippen LogP contribution in [0.25, 0.3) is 5.57 Å². The smallest absolute Gasteiger partial charge is 0.405 e. The maximum absolute atomic E-state index is 14.5. The lowest BCUT2D eigenvalue weighted by Crippen LogP contribution is -2.49. The van der Waals surface area contributed by atoms with E-state index in [1.807, 2.05) is 29.2 Å². The lowest BCUT2D eigenvalue weighted by Gasteiger charge is -2.35. The molecule has 6 nitrogen and oxygen atoms in total. The second-order valence-corrected chi connectivity index (χ2v) is 8.40. The number of nitrogens with one attached hydrogen (secondary N) is 1. The van der Waals surface area contributed by atoms with Gasteiger partial charge in [0.15, 0.2) is 5.78 Å². The topological polar surface area (TPSA) is 78.9 Å². The molecule has 8 heteroatoms. The molecule has 176 valence electrons. The van der Waals surface area contributed by atoms with Crippen LogP contribution in [0.2, 0.25) is 0 Å². The molecule has 0 radical (unpaired) electrons. The molecule has 0 saturated heterocycles. The number of rotatable bonds is 8. The van der Waals surface area contributed by atoms with Crippen LogP contribution in [0.1, 0.15) is 37.4 Å². The SMILES string of the molecule is COc1cccc(C2C=C(c3cc(F)ccc3F)CCN2CC(=O)[C@@H](NC(=O)O)C(C)C)c1. The third-order valence-electron chi connectivity index (χ3n) is 5.78. The fourth-order valence-corrected chi connectivity index (χ4v) is 4.11. The van der Waals surface area contributed by atoms with Gasteiger partial charge < -0.3 is 15.2 Å². The Morgan fingerprint density at radius 2 is 1.97 bits per heavy atom. The molecule has 2 aromatic rings.